The molecule has 1 unspecified atom stereocenters. The Balaban J connectivity index is 2.11. The van der Waals surface area contributed by atoms with Crippen molar-refractivity contribution in [1.82, 2.24) is 0 Å². The van der Waals surface area contributed by atoms with Gasteiger partial charge in [0.1, 0.15) is 5.75 Å². The highest BCUT2D eigenvalue weighted by Crippen LogP contribution is 2.20. The van der Waals surface area contributed by atoms with Crippen LogP contribution in [0.25, 0.3) is 0 Å². The predicted molar refractivity (Wildman–Crippen MR) is 74.8 cm³/mol. The van der Waals surface area contributed by atoms with Crippen molar-refractivity contribution >= 4 is 0 Å². The van der Waals surface area contributed by atoms with E-state index in [1.54, 1.807) is 7.11 Å². The average Bonchev–Trinajstić information content (AvgIpc) is 2.48. The van der Waals surface area contributed by atoms with E-state index in [4.69, 9.17) is 15.7 Å². The summed E-state index contributed by atoms with van der Waals surface area (Å²) in [6.07, 6.45) is 0.735. The van der Waals surface area contributed by atoms with Crippen LogP contribution in [0.5, 0.6) is 5.75 Å². The lowest BCUT2D eigenvalue weighted by molar-refractivity contribution is 0.414. The summed E-state index contributed by atoms with van der Waals surface area (Å²) in [5.74, 6) is 0.813. The highest BCUT2D eigenvalue weighted by atomic mass is 16.5. The van der Waals surface area contributed by atoms with Gasteiger partial charge in [0.15, 0.2) is 0 Å². The van der Waals surface area contributed by atoms with Gasteiger partial charge in [0, 0.05) is 6.04 Å². The van der Waals surface area contributed by atoms with Gasteiger partial charge in [0.25, 0.3) is 0 Å². The first-order valence-corrected chi connectivity index (χ1v) is 6.11. The summed E-state index contributed by atoms with van der Waals surface area (Å²) in [5, 5.41) is 8.76. The summed E-state index contributed by atoms with van der Waals surface area (Å²) in [6.45, 7) is 0. The molecular formula is C16H16N2O. The first-order chi connectivity index (χ1) is 9.22. The third-order valence-corrected chi connectivity index (χ3v) is 3.06. The fraction of sp³-hybridized carbons (Fsp3) is 0.188. The second kappa shape index (κ2) is 6.03. The molecule has 0 heterocycles. The van der Waals surface area contributed by atoms with Gasteiger partial charge in [0.2, 0.25) is 0 Å². The Kier molecular flexibility index (Phi) is 4.17. The van der Waals surface area contributed by atoms with Crippen LogP contribution in [-0.2, 0) is 6.42 Å². The van der Waals surface area contributed by atoms with E-state index in [-0.39, 0.29) is 6.04 Å². The maximum atomic E-state index is 8.76. The van der Waals surface area contributed by atoms with Gasteiger partial charge in [-0.25, -0.2) is 0 Å². The molecule has 0 saturated carbocycles. The highest BCUT2D eigenvalue weighted by Gasteiger charge is 2.08. The van der Waals surface area contributed by atoms with Crippen LogP contribution in [0, 0.1) is 11.3 Å². The van der Waals surface area contributed by atoms with E-state index >= 15 is 0 Å². The van der Waals surface area contributed by atoms with Gasteiger partial charge in [-0.15, -0.1) is 0 Å². The Labute approximate surface area is 113 Å². The minimum absolute atomic E-state index is 0.0805. The van der Waals surface area contributed by atoms with Gasteiger partial charge in [-0.05, 0) is 41.8 Å². The maximum Gasteiger partial charge on any atom is 0.119 e. The van der Waals surface area contributed by atoms with Gasteiger partial charge in [-0.2, -0.15) is 5.26 Å². The third kappa shape index (κ3) is 3.34. The zero-order valence-electron chi connectivity index (χ0n) is 10.8. The van der Waals surface area contributed by atoms with E-state index in [0.29, 0.717) is 5.56 Å². The van der Waals surface area contributed by atoms with Crippen LogP contribution in [0.3, 0.4) is 0 Å². The number of rotatable bonds is 4. The van der Waals surface area contributed by atoms with Crippen LogP contribution < -0.4 is 10.5 Å². The number of hydrogen-bond acceptors (Lipinski definition) is 3. The van der Waals surface area contributed by atoms with E-state index in [1.807, 2.05) is 48.5 Å². The van der Waals surface area contributed by atoms with Crippen molar-refractivity contribution in [2.75, 3.05) is 7.11 Å². The Morgan fingerprint density at radius 2 is 1.95 bits per heavy atom. The molecule has 0 aliphatic heterocycles. The summed E-state index contributed by atoms with van der Waals surface area (Å²) in [7, 11) is 1.64. The number of nitrogens with two attached hydrogens (primary N) is 1. The number of nitriles is 1. The monoisotopic (exact) mass is 252 g/mol. The summed E-state index contributed by atoms with van der Waals surface area (Å²) in [5.41, 5.74) is 9.03. The summed E-state index contributed by atoms with van der Waals surface area (Å²) < 4.78 is 5.19. The van der Waals surface area contributed by atoms with E-state index in [2.05, 4.69) is 6.07 Å². The Hall–Kier alpha value is -2.31. The fourth-order valence-electron chi connectivity index (χ4n) is 1.96. The Bertz CT molecular complexity index is 584. The molecule has 0 aliphatic carbocycles. The lowest BCUT2D eigenvalue weighted by atomic mass is 9.99. The largest absolute Gasteiger partial charge is 0.497 e. The molecule has 0 aliphatic rings. The van der Waals surface area contributed by atoms with Crippen LogP contribution in [0.1, 0.15) is 22.7 Å². The highest BCUT2D eigenvalue weighted by molar-refractivity contribution is 5.34. The molecule has 0 amide bonds. The van der Waals surface area contributed by atoms with Crippen LogP contribution in [0.15, 0.2) is 48.5 Å². The number of methoxy groups -OCH3 is 1. The van der Waals surface area contributed by atoms with Gasteiger partial charge < -0.3 is 10.5 Å². The second-order valence-electron chi connectivity index (χ2n) is 4.40. The topological polar surface area (TPSA) is 59.0 Å². The molecular weight excluding hydrogens is 236 g/mol. The van der Waals surface area contributed by atoms with E-state index in [1.165, 1.54) is 0 Å². The van der Waals surface area contributed by atoms with E-state index in [9.17, 15) is 0 Å². The molecule has 19 heavy (non-hydrogen) atoms. The molecule has 3 nitrogen and oxygen atoms in total. The Morgan fingerprint density at radius 1 is 1.21 bits per heavy atom. The van der Waals surface area contributed by atoms with E-state index < -0.39 is 0 Å². The quantitative estimate of drug-likeness (QED) is 0.910. The van der Waals surface area contributed by atoms with Crippen LogP contribution in [0.4, 0.5) is 0 Å². The van der Waals surface area contributed by atoms with Crippen molar-refractivity contribution in [2.45, 2.75) is 12.5 Å². The molecule has 2 N–H and O–H groups in total. The molecule has 0 radical (unpaired) electrons. The molecule has 0 bridgehead atoms. The van der Waals surface area contributed by atoms with Crippen LogP contribution in [0.2, 0.25) is 0 Å². The average molecular weight is 252 g/mol. The fourth-order valence-corrected chi connectivity index (χ4v) is 1.96. The van der Waals surface area contributed by atoms with Crippen LogP contribution >= 0.6 is 0 Å². The minimum Gasteiger partial charge on any atom is -0.497 e. The molecule has 0 saturated heterocycles. The first-order valence-electron chi connectivity index (χ1n) is 6.11. The molecule has 0 aromatic heterocycles. The predicted octanol–water partition coefficient (Wildman–Crippen LogP) is 2.81. The molecule has 2 aromatic rings. The van der Waals surface area contributed by atoms with Crippen molar-refractivity contribution < 1.29 is 4.74 Å². The molecule has 3 heteroatoms. The zero-order valence-corrected chi connectivity index (χ0v) is 10.8. The smallest absolute Gasteiger partial charge is 0.119 e. The van der Waals surface area contributed by atoms with Gasteiger partial charge in [-0.3, -0.25) is 0 Å². The lowest BCUT2D eigenvalue weighted by Gasteiger charge is -2.13. The summed E-state index contributed by atoms with van der Waals surface area (Å²) in [4.78, 5) is 0. The summed E-state index contributed by atoms with van der Waals surface area (Å²) >= 11 is 0. The van der Waals surface area contributed by atoms with Crippen LogP contribution in [-0.4, -0.2) is 7.11 Å². The molecule has 96 valence electrons. The van der Waals surface area contributed by atoms with Crippen molar-refractivity contribution in [3.8, 4) is 11.8 Å². The zero-order chi connectivity index (χ0) is 13.7. The second-order valence-corrected chi connectivity index (χ2v) is 4.40. The maximum absolute atomic E-state index is 8.76. The third-order valence-electron chi connectivity index (χ3n) is 3.06. The van der Waals surface area contributed by atoms with Gasteiger partial charge in [0.05, 0.1) is 18.7 Å². The first kappa shape index (κ1) is 13.1. The van der Waals surface area contributed by atoms with Crippen molar-refractivity contribution in [1.29, 1.82) is 5.26 Å². The SMILES string of the molecule is COc1cccc(C(N)Cc2ccc(C#N)cc2)c1. The van der Waals surface area contributed by atoms with Crippen molar-refractivity contribution in [3.05, 3.63) is 65.2 Å². The molecule has 1 atom stereocenters. The van der Waals surface area contributed by atoms with Gasteiger partial charge in [-0.1, -0.05) is 24.3 Å². The number of benzene rings is 2. The number of ether oxygens (including phenoxy) is 1. The molecule has 2 aromatic carbocycles. The normalized spacial score (nSPS) is 11.6. The Morgan fingerprint density at radius 3 is 2.58 bits per heavy atom. The van der Waals surface area contributed by atoms with E-state index in [0.717, 1.165) is 23.3 Å². The molecule has 2 rings (SSSR count). The lowest BCUT2D eigenvalue weighted by Crippen LogP contribution is -2.13. The van der Waals surface area contributed by atoms with Gasteiger partial charge >= 0.3 is 0 Å². The van der Waals surface area contributed by atoms with Crippen molar-refractivity contribution in [3.63, 3.8) is 0 Å². The standard InChI is InChI=1S/C16H16N2O/c1-19-15-4-2-3-14(10-15)16(18)9-12-5-7-13(11-17)8-6-12/h2-8,10,16H,9,18H2,1H3. The molecule has 0 spiro atoms. The summed E-state index contributed by atoms with van der Waals surface area (Å²) in [6, 6.07) is 17.3. The minimum atomic E-state index is -0.0805. The van der Waals surface area contributed by atoms with Crippen molar-refractivity contribution in [2.24, 2.45) is 5.73 Å². The number of hydrogen-bond donors (Lipinski definition) is 1. The molecule has 0 fully saturated rings. The number of nitrogens with zero attached hydrogens (tertiary/aromatic N) is 1.